The lowest BCUT2D eigenvalue weighted by Crippen LogP contribution is -2.13. The summed E-state index contributed by atoms with van der Waals surface area (Å²) in [6.45, 7) is 0. The summed E-state index contributed by atoms with van der Waals surface area (Å²) >= 11 is 1.26. The minimum atomic E-state index is -1.03. The minimum Gasteiger partial charge on any atom is -0.481 e. The number of nitrogens with zero attached hydrogens (tertiary/aromatic N) is 1. The Bertz CT molecular complexity index is 755. The van der Waals surface area contributed by atoms with Crippen molar-refractivity contribution in [2.45, 2.75) is 11.3 Å². The molecule has 0 aliphatic rings. The zero-order valence-corrected chi connectivity index (χ0v) is 12.7. The molecule has 1 N–H and O–H groups in total. The lowest BCUT2D eigenvalue weighted by atomic mass is 10.1. The first-order valence-electron chi connectivity index (χ1n) is 6.29. The standard InChI is InChI=1S/C15H13F2NO3S/c1-18-9(7-13(19)20)6-12(22-2)14(18)15(21)10-4-3-8(16)5-11(10)17/h3-6H,7H2,1-2H3,(H,19,20). The maximum Gasteiger partial charge on any atom is 0.309 e. The lowest BCUT2D eigenvalue weighted by Gasteiger charge is -2.08. The van der Waals surface area contributed by atoms with Gasteiger partial charge in [-0.2, -0.15) is 0 Å². The van der Waals surface area contributed by atoms with Crippen LogP contribution in [0, 0.1) is 11.6 Å². The number of rotatable bonds is 5. The van der Waals surface area contributed by atoms with Crippen LogP contribution in [0.5, 0.6) is 0 Å². The Kier molecular flexibility index (Phi) is 4.65. The monoisotopic (exact) mass is 325 g/mol. The van der Waals surface area contributed by atoms with E-state index < -0.39 is 23.4 Å². The predicted molar refractivity (Wildman–Crippen MR) is 78.3 cm³/mol. The number of aromatic nitrogens is 1. The molecule has 0 bridgehead atoms. The molecular formula is C15H13F2NO3S. The van der Waals surface area contributed by atoms with Crippen LogP contribution in [0.4, 0.5) is 8.78 Å². The lowest BCUT2D eigenvalue weighted by molar-refractivity contribution is -0.136. The number of hydrogen-bond acceptors (Lipinski definition) is 3. The first-order valence-corrected chi connectivity index (χ1v) is 7.51. The van der Waals surface area contributed by atoms with Crippen molar-refractivity contribution in [3.8, 4) is 0 Å². The average Bonchev–Trinajstić information content (AvgIpc) is 2.74. The number of benzene rings is 1. The van der Waals surface area contributed by atoms with E-state index in [1.54, 1.807) is 19.4 Å². The van der Waals surface area contributed by atoms with Gasteiger partial charge in [-0.05, 0) is 24.5 Å². The Morgan fingerprint density at radius 3 is 2.50 bits per heavy atom. The molecule has 0 amide bonds. The molecule has 22 heavy (non-hydrogen) atoms. The second-order valence-corrected chi connectivity index (χ2v) is 5.48. The van der Waals surface area contributed by atoms with Gasteiger partial charge in [0, 0.05) is 23.7 Å². The molecule has 2 aromatic rings. The number of carboxylic acids is 1. The van der Waals surface area contributed by atoms with Crippen LogP contribution in [-0.4, -0.2) is 27.7 Å². The number of ketones is 1. The zero-order valence-electron chi connectivity index (χ0n) is 11.9. The van der Waals surface area contributed by atoms with Crippen molar-refractivity contribution >= 4 is 23.5 Å². The van der Waals surface area contributed by atoms with E-state index in [1.807, 2.05) is 0 Å². The second kappa shape index (κ2) is 6.31. The Balaban J connectivity index is 2.53. The number of carbonyl (C=O) groups excluding carboxylic acids is 1. The largest absolute Gasteiger partial charge is 0.481 e. The highest BCUT2D eigenvalue weighted by atomic mass is 32.2. The molecule has 1 aromatic heterocycles. The third-order valence-electron chi connectivity index (χ3n) is 3.24. The fourth-order valence-electron chi connectivity index (χ4n) is 2.17. The van der Waals surface area contributed by atoms with E-state index in [9.17, 15) is 18.4 Å². The van der Waals surface area contributed by atoms with Crippen molar-refractivity contribution in [1.82, 2.24) is 4.57 Å². The van der Waals surface area contributed by atoms with E-state index in [0.29, 0.717) is 16.7 Å². The van der Waals surface area contributed by atoms with E-state index in [1.165, 1.54) is 16.3 Å². The van der Waals surface area contributed by atoms with Gasteiger partial charge in [-0.3, -0.25) is 9.59 Å². The van der Waals surface area contributed by atoms with Crippen LogP contribution >= 0.6 is 11.8 Å². The quantitative estimate of drug-likeness (QED) is 0.678. The molecule has 0 aliphatic carbocycles. The van der Waals surface area contributed by atoms with E-state index >= 15 is 0 Å². The number of thioether (sulfide) groups is 1. The van der Waals surface area contributed by atoms with Crippen molar-refractivity contribution in [2.24, 2.45) is 7.05 Å². The highest BCUT2D eigenvalue weighted by molar-refractivity contribution is 7.98. The molecule has 0 saturated heterocycles. The summed E-state index contributed by atoms with van der Waals surface area (Å²) < 4.78 is 28.2. The predicted octanol–water partition coefficient (Wildman–Crippen LogP) is 2.88. The Labute approximate surface area is 129 Å². The SMILES string of the molecule is CSc1cc(CC(=O)O)n(C)c1C(=O)c1ccc(F)cc1F. The highest BCUT2D eigenvalue weighted by Gasteiger charge is 2.23. The topological polar surface area (TPSA) is 59.3 Å². The average molecular weight is 325 g/mol. The van der Waals surface area contributed by atoms with E-state index in [-0.39, 0.29) is 17.7 Å². The Morgan fingerprint density at radius 1 is 1.27 bits per heavy atom. The van der Waals surface area contributed by atoms with E-state index in [2.05, 4.69) is 0 Å². The van der Waals surface area contributed by atoms with Crippen molar-refractivity contribution in [3.63, 3.8) is 0 Å². The summed E-state index contributed by atoms with van der Waals surface area (Å²) in [4.78, 5) is 23.9. The minimum absolute atomic E-state index is 0.189. The van der Waals surface area contributed by atoms with Gasteiger partial charge in [0.25, 0.3) is 0 Å². The molecule has 0 saturated carbocycles. The molecule has 4 nitrogen and oxygen atoms in total. The second-order valence-electron chi connectivity index (χ2n) is 4.64. The van der Waals surface area contributed by atoms with Crippen molar-refractivity contribution in [2.75, 3.05) is 6.26 Å². The Morgan fingerprint density at radius 2 is 1.95 bits per heavy atom. The smallest absolute Gasteiger partial charge is 0.309 e. The van der Waals surface area contributed by atoms with Crippen LogP contribution in [0.25, 0.3) is 0 Å². The first-order chi connectivity index (χ1) is 10.3. The van der Waals surface area contributed by atoms with Gasteiger partial charge in [-0.15, -0.1) is 11.8 Å². The molecule has 2 rings (SSSR count). The van der Waals surface area contributed by atoms with Crippen LogP contribution in [-0.2, 0) is 18.3 Å². The summed E-state index contributed by atoms with van der Waals surface area (Å²) in [5, 5.41) is 8.89. The van der Waals surface area contributed by atoms with E-state index in [0.717, 1.165) is 12.1 Å². The maximum atomic E-state index is 13.8. The summed E-state index contributed by atoms with van der Waals surface area (Å²) in [7, 11) is 1.55. The van der Waals surface area contributed by atoms with E-state index in [4.69, 9.17) is 5.11 Å². The fourth-order valence-corrected chi connectivity index (χ4v) is 2.85. The number of carboxylic acid groups (broad SMARTS) is 1. The normalized spacial score (nSPS) is 10.7. The van der Waals surface area contributed by atoms with Gasteiger partial charge in [-0.25, -0.2) is 8.78 Å². The van der Waals surface area contributed by atoms with Gasteiger partial charge in [0.15, 0.2) is 0 Å². The molecule has 1 aromatic carbocycles. The van der Waals surface area contributed by atoms with Crippen LogP contribution < -0.4 is 0 Å². The summed E-state index contributed by atoms with van der Waals surface area (Å²) in [6, 6.07) is 4.33. The molecule has 0 atom stereocenters. The molecule has 0 fully saturated rings. The van der Waals surface area contributed by atoms with Gasteiger partial charge in [0.05, 0.1) is 12.0 Å². The zero-order chi connectivity index (χ0) is 16.4. The van der Waals surface area contributed by atoms with Gasteiger partial charge < -0.3 is 9.67 Å². The fraction of sp³-hybridized carbons (Fsp3) is 0.200. The molecule has 1 heterocycles. The molecule has 0 unspecified atom stereocenters. The molecule has 0 spiro atoms. The van der Waals surface area contributed by atoms with Gasteiger partial charge >= 0.3 is 5.97 Å². The first kappa shape index (κ1) is 16.2. The van der Waals surface area contributed by atoms with Gasteiger partial charge in [0.1, 0.15) is 17.3 Å². The Hall–Kier alpha value is -2.15. The third-order valence-corrected chi connectivity index (χ3v) is 3.99. The number of hydrogen-bond donors (Lipinski definition) is 1. The van der Waals surface area contributed by atoms with Crippen molar-refractivity contribution in [3.05, 3.63) is 52.9 Å². The molecule has 0 radical (unpaired) electrons. The highest BCUT2D eigenvalue weighted by Crippen LogP contribution is 2.27. The van der Waals surface area contributed by atoms with Crippen LogP contribution in [0.15, 0.2) is 29.2 Å². The number of carbonyl (C=O) groups is 2. The molecule has 0 aliphatic heterocycles. The summed E-state index contributed by atoms with van der Waals surface area (Å²) in [5.74, 6) is -3.35. The number of aliphatic carboxylic acids is 1. The van der Waals surface area contributed by atoms with Crippen LogP contribution in [0.3, 0.4) is 0 Å². The van der Waals surface area contributed by atoms with Crippen molar-refractivity contribution < 1.29 is 23.5 Å². The van der Waals surface area contributed by atoms with Crippen LogP contribution in [0.2, 0.25) is 0 Å². The molecule has 7 heteroatoms. The summed E-state index contributed by atoms with van der Waals surface area (Å²) in [6.07, 6.45) is 1.49. The van der Waals surface area contributed by atoms with Gasteiger partial charge in [-0.1, -0.05) is 0 Å². The maximum absolute atomic E-state index is 13.8. The van der Waals surface area contributed by atoms with Gasteiger partial charge in [0.2, 0.25) is 5.78 Å². The van der Waals surface area contributed by atoms with Crippen LogP contribution in [0.1, 0.15) is 21.7 Å². The molecular weight excluding hydrogens is 312 g/mol. The molecule has 116 valence electrons. The van der Waals surface area contributed by atoms with Crippen molar-refractivity contribution in [1.29, 1.82) is 0 Å². The third kappa shape index (κ3) is 3.04. The summed E-state index contributed by atoms with van der Waals surface area (Å²) in [5.41, 5.74) is 0.372. The number of halogens is 2.